The van der Waals surface area contributed by atoms with Gasteiger partial charge in [-0.15, -0.1) is 0 Å². The van der Waals surface area contributed by atoms with Gasteiger partial charge in [0.25, 0.3) is 0 Å². The average Bonchev–Trinajstić information content (AvgIpc) is 3.02. The first-order valence-electron chi connectivity index (χ1n) is 15.7. The smallest absolute Gasteiger partial charge is 0.759 e. The first kappa shape index (κ1) is 73.7. The topological polar surface area (TPSA) is 162 Å². The first-order valence-corrected chi connectivity index (χ1v) is 17.0. The van der Waals surface area contributed by atoms with E-state index in [-0.39, 0.29) is 67.7 Å². The van der Waals surface area contributed by atoms with Crippen LogP contribution >= 0.6 is 0 Å². The molecule has 0 aromatic carbocycles. The maximum Gasteiger partial charge on any atom is 1.00 e. The van der Waals surface area contributed by atoms with Crippen LogP contribution in [-0.4, -0.2) is 133 Å². The van der Waals surface area contributed by atoms with Crippen molar-refractivity contribution in [2.45, 2.75) is 117 Å². The summed E-state index contributed by atoms with van der Waals surface area (Å²) in [5, 5.41) is 0. The Morgan fingerprint density at radius 1 is 0.364 bits per heavy atom. The van der Waals surface area contributed by atoms with E-state index in [4.69, 9.17) is 85.4 Å². The Hall–Kier alpha value is -2.39. The Morgan fingerprint density at radius 2 is 0.436 bits per heavy atom. The quantitative estimate of drug-likeness (QED) is 0.0899. The SMILES string of the molecule is O=S(=O)([O-])[O-].[C-]#[N+]CC(C)(C)OC.[C-]#[N+]CC(C)(C)OC.[C-]#[N+]CC(C)(C)OC.[C-]#[N+]CC(C)(C)OC.[C-]#[N+]CC(C)(C)OC.[C-]#[N+]CC(C)(C)OC.[Cu+].[Cu+]. The van der Waals surface area contributed by atoms with Gasteiger partial charge in [0.05, 0.1) is 0 Å². The molecule has 55 heavy (non-hydrogen) atoms. The van der Waals surface area contributed by atoms with Gasteiger partial charge in [0.15, 0.2) is 0 Å². The molecule has 0 saturated heterocycles. The fourth-order valence-corrected chi connectivity index (χ4v) is 1.53. The Morgan fingerprint density at radius 3 is 0.455 bits per heavy atom. The van der Waals surface area contributed by atoms with E-state index in [0.717, 1.165) is 0 Å². The standard InChI is InChI=1S/6C6H11NO.2Cu.H2O4S/c6*1-6(2,8-4)5-7-3;;;1-5(2,3)4/h6*5H2,1-2,4H3;;;(H2,1,2,3,4)/q;;;;;;2*+1;/p-2. The monoisotopic (exact) mass is 900 g/mol. The Balaban J connectivity index is -0.0000000640. The second-order valence-corrected chi connectivity index (χ2v) is 14.9. The normalized spacial score (nSPS) is 10.4. The maximum absolute atomic E-state index is 8.52. The predicted octanol–water partition coefficient (Wildman–Crippen LogP) is 6.64. The molecule has 16 nitrogen and oxygen atoms in total. The van der Waals surface area contributed by atoms with Gasteiger partial charge in [-0.2, -0.15) is 0 Å². The van der Waals surface area contributed by atoms with Gasteiger partial charge in [-0.05, 0) is 83.1 Å². The van der Waals surface area contributed by atoms with Crippen molar-refractivity contribution in [2.75, 3.05) is 81.9 Å². The number of hydrogen-bond acceptors (Lipinski definition) is 10. The molecule has 0 aromatic rings. The van der Waals surface area contributed by atoms with Crippen molar-refractivity contribution in [2.24, 2.45) is 0 Å². The molecule has 0 radical (unpaired) electrons. The van der Waals surface area contributed by atoms with Crippen LogP contribution < -0.4 is 0 Å². The molecule has 0 N–H and O–H groups in total. The summed E-state index contributed by atoms with van der Waals surface area (Å²) < 4.78 is 63.9. The van der Waals surface area contributed by atoms with Crippen LogP contribution in [0, 0.1) is 39.4 Å². The molecular formula is C36H66Cu2N6O10S. The van der Waals surface area contributed by atoms with Gasteiger partial charge in [-0.3, -0.25) is 8.42 Å². The summed E-state index contributed by atoms with van der Waals surface area (Å²) in [6, 6.07) is 0. The molecule has 0 fully saturated rings. The van der Waals surface area contributed by atoms with Crippen LogP contribution in [0.2, 0.25) is 0 Å². The van der Waals surface area contributed by atoms with E-state index in [1.807, 2.05) is 83.1 Å². The molecule has 0 atom stereocenters. The van der Waals surface area contributed by atoms with Gasteiger partial charge < -0.3 is 66.6 Å². The van der Waals surface area contributed by atoms with Crippen molar-refractivity contribution in [3.8, 4) is 0 Å². The molecule has 0 spiro atoms. The van der Waals surface area contributed by atoms with Gasteiger partial charge in [0.1, 0.15) is 33.6 Å². The molecule has 0 unspecified atom stereocenters. The molecular weight excluding hydrogens is 836 g/mol. The van der Waals surface area contributed by atoms with Crippen LogP contribution in [0.3, 0.4) is 0 Å². The molecule has 0 saturated carbocycles. The fraction of sp³-hybridized carbons (Fsp3) is 0.833. The number of ether oxygens (including phenoxy) is 6. The van der Waals surface area contributed by atoms with Crippen molar-refractivity contribution in [1.29, 1.82) is 0 Å². The van der Waals surface area contributed by atoms with E-state index < -0.39 is 10.4 Å². The van der Waals surface area contributed by atoms with E-state index in [1.54, 1.807) is 42.7 Å². The Labute approximate surface area is 356 Å². The average molecular weight is 902 g/mol. The zero-order valence-electron chi connectivity index (χ0n) is 36.0. The molecule has 328 valence electrons. The van der Waals surface area contributed by atoms with E-state index in [2.05, 4.69) is 29.1 Å². The number of rotatable bonds is 12. The van der Waals surface area contributed by atoms with E-state index >= 15 is 0 Å². The zero-order valence-corrected chi connectivity index (χ0v) is 38.7. The molecule has 0 rings (SSSR count). The Bertz CT molecular complexity index is 1060. The molecule has 0 amide bonds. The molecule has 0 heterocycles. The van der Waals surface area contributed by atoms with Crippen molar-refractivity contribution in [1.82, 2.24) is 0 Å². The third kappa shape index (κ3) is 81.0. The zero-order chi connectivity index (χ0) is 44.2. The predicted molar refractivity (Wildman–Crippen MR) is 206 cm³/mol. The number of methoxy groups -OCH3 is 6. The van der Waals surface area contributed by atoms with Gasteiger partial charge in [0, 0.05) is 53.1 Å². The summed E-state index contributed by atoms with van der Waals surface area (Å²) in [6.45, 7) is 64.4. The molecule has 0 bridgehead atoms. The first-order chi connectivity index (χ1) is 23.7. The third-order valence-corrected chi connectivity index (χ3v) is 6.07. The number of nitrogens with zero attached hydrogens (tertiary/aromatic N) is 6. The number of hydrogen-bond donors (Lipinski definition) is 0. The summed E-state index contributed by atoms with van der Waals surface area (Å²) >= 11 is 0. The summed E-state index contributed by atoms with van der Waals surface area (Å²) in [5.41, 5.74) is -1.57. The maximum atomic E-state index is 8.52. The van der Waals surface area contributed by atoms with Gasteiger partial charge >= 0.3 is 34.1 Å². The summed E-state index contributed by atoms with van der Waals surface area (Å²) in [4.78, 5) is 19.2. The molecule has 0 aromatic heterocycles. The second-order valence-electron chi connectivity index (χ2n) is 14.1. The van der Waals surface area contributed by atoms with Crippen molar-refractivity contribution in [3.63, 3.8) is 0 Å². The van der Waals surface area contributed by atoms with Gasteiger partial charge in [-0.1, -0.05) is 0 Å². The largest absolute Gasteiger partial charge is 1.00 e. The summed E-state index contributed by atoms with van der Waals surface area (Å²) in [6.07, 6.45) is 0. The third-order valence-electron chi connectivity index (χ3n) is 6.07. The fourth-order valence-electron chi connectivity index (χ4n) is 1.53. The van der Waals surface area contributed by atoms with E-state index in [0.29, 0.717) is 39.3 Å². The minimum absolute atomic E-state index is 0. The van der Waals surface area contributed by atoms with Gasteiger partial charge in [0.2, 0.25) is 39.3 Å². The van der Waals surface area contributed by atoms with Crippen LogP contribution in [0.5, 0.6) is 0 Å². The summed E-state index contributed by atoms with van der Waals surface area (Å²) in [7, 11) is 4.53. The van der Waals surface area contributed by atoms with Crippen LogP contribution in [0.25, 0.3) is 29.1 Å². The van der Waals surface area contributed by atoms with Crippen molar-refractivity contribution in [3.05, 3.63) is 68.5 Å². The minimum atomic E-state index is -5.17. The molecule has 0 aliphatic carbocycles. The van der Waals surface area contributed by atoms with Crippen molar-refractivity contribution >= 4 is 10.4 Å². The van der Waals surface area contributed by atoms with Crippen LogP contribution in [-0.2, 0) is 73.0 Å². The molecule has 19 heteroatoms. The molecule has 0 aliphatic rings. The minimum Gasteiger partial charge on any atom is -0.759 e. The van der Waals surface area contributed by atoms with E-state index in [9.17, 15) is 0 Å². The van der Waals surface area contributed by atoms with Gasteiger partial charge in [-0.25, -0.2) is 39.4 Å². The van der Waals surface area contributed by atoms with Crippen LogP contribution in [0.15, 0.2) is 0 Å². The van der Waals surface area contributed by atoms with E-state index in [1.165, 1.54) is 0 Å². The Kier molecular flexibility index (Phi) is 53.4. The van der Waals surface area contributed by atoms with Crippen molar-refractivity contribution < 1.29 is 80.1 Å². The van der Waals surface area contributed by atoms with Crippen LogP contribution in [0.1, 0.15) is 83.1 Å². The second kappa shape index (κ2) is 39.8. The van der Waals surface area contributed by atoms with Crippen LogP contribution in [0.4, 0.5) is 0 Å². The molecule has 0 aliphatic heterocycles. The summed E-state index contributed by atoms with van der Waals surface area (Å²) in [5.74, 6) is 0.